The number of likely N-dealkylation sites (N-methyl/N-ethyl adjacent to an activating group) is 1. The molecule has 1 fully saturated rings. The van der Waals surface area contributed by atoms with E-state index in [1.54, 1.807) is 0 Å². The molecule has 1 aromatic rings. The minimum atomic E-state index is 0.875. The molecular formula is C16H26BrN3. The standard InChI is InChI=1S/C16H26BrN3/c1-19-10-7-14(8-11-19)13-20(2)12-9-18-16-6-4-3-5-15(16)17/h3-6,14,18H,7-13H2,1-2H3. The van der Waals surface area contributed by atoms with E-state index in [1.807, 2.05) is 6.07 Å². The Bertz CT molecular complexity index is 402. The summed E-state index contributed by atoms with van der Waals surface area (Å²) in [4.78, 5) is 4.89. The summed E-state index contributed by atoms with van der Waals surface area (Å²) in [6.07, 6.45) is 2.69. The Kier molecular flexibility index (Phi) is 6.33. The van der Waals surface area contributed by atoms with Gasteiger partial charge in [-0.3, -0.25) is 0 Å². The number of anilines is 1. The summed E-state index contributed by atoms with van der Waals surface area (Å²) in [6.45, 7) is 5.83. The second-order valence-electron chi connectivity index (χ2n) is 5.92. The molecule has 0 aliphatic carbocycles. The Morgan fingerprint density at radius 3 is 2.70 bits per heavy atom. The molecule has 0 saturated carbocycles. The van der Waals surface area contributed by atoms with Gasteiger partial charge in [-0.05, 0) is 74.0 Å². The van der Waals surface area contributed by atoms with Gasteiger partial charge in [-0.25, -0.2) is 0 Å². The van der Waals surface area contributed by atoms with Crippen LogP contribution >= 0.6 is 15.9 Å². The van der Waals surface area contributed by atoms with Crippen molar-refractivity contribution in [3.8, 4) is 0 Å². The van der Waals surface area contributed by atoms with Crippen molar-refractivity contribution in [2.75, 3.05) is 52.1 Å². The normalized spacial score (nSPS) is 17.6. The first kappa shape index (κ1) is 15.8. The Labute approximate surface area is 131 Å². The molecule has 0 aromatic heterocycles. The van der Waals surface area contributed by atoms with Crippen LogP contribution in [0, 0.1) is 5.92 Å². The van der Waals surface area contributed by atoms with Gasteiger partial charge in [-0.1, -0.05) is 12.1 Å². The predicted octanol–water partition coefficient (Wildman–Crippen LogP) is 3.13. The van der Waals surface area contributed by atoms with Gasteiger partial charge >= 0.3 is 0 Å². The molecule has 20 heavy (non-hydrogen) atoms. The molecule has 0 unspecified atom stereocenters. The van der Waals surface area contributed by atoms with E-state index in [0.29, 0.717) is 0 Å². The number of hydrogen-bond donors (Lipinski definition) is 1. The van der Waals surface area contributed by atoms with Crippen molar-refractivity contribution in [1.82, 2.24) is 9.80 Å². The van der Waals surface area contributed by atoms with Crippen molar-refractivity contribution < 1.29 is 0 Å². The van der Waals surface area contributed by atoms with Crippen LogP contribution in [0.3, 0.4) is 0 Å². The minimum absolute atomic E-state index is 0.875. The number of nitrogens with one attached hydrogen (secondary N) is 1. The lowest BCUT2D eigenvalue weighted by Crippen LogP contribution is -2.37. The van der Waals surface area contributed by atoms with Crippen molar-refractivity contribution in [3.63, 3.8) is 0 Å². The summed E-state index contributed by atoms with van der Waals surface area (Å²) in [5.74, 6) is 0.875. The quantitative estimate of drug-likeness (QED) is 0.858. The molecule has 1 N–H and O–H groups in total. The van der Waals surface area contributed by atoms with Crippen molar-refractivity contribution in [3.05, 3.63) is 28.7 Å². The van der Waals surface area contributed by atoms with Gasteiger partial charge in [0.1, 0.15) is 0 Å². The van der Waals surface area contributed by atoms with E-state index in [-0.39, 0.29) is 0 Å². The first-order chi connectivity index (χ1) is 9.65. The second-order valence-corrected chi connectivity index (χ2v) is 6.77. The summed E-state index contributed by atoms with van der Waals surface area (Å²) in [6, 6.07) is 8.29. The van der Waals surface area contributed by atoms with Gasteiger partial charge in [0, 0.05) is 29.8 Å². The Morgan fingerprint density at radius 1 is 1.30 bits per heavy atom. The van der Waals surface area contributed by atoms with Gasteiger partial charge in [0.25, 0.3) is 0 Å². The van der Waals surface area contributed by atoms with Crippen molar-refractivity contribution in [2.45, 2.75) is 12.8 Å². The highest BCUT2D eigenvalue weighted by atomic mass is 79.9. The lowest BCUT2D eigenvalue weighted by atomic mass is 9.97. The van der Waals surface area contributed by atoms with E-state index < -0.39 is 0 Å². The number of hydrogen-bond acceptors (Lipinski definition) is 3. The van der Waals surface area contributed by atoms with Crippen LogP contribution < -0.4 is 5.32 Å². The molecule has 0 spiro atoms. The van der Waals surface area contributed by atoms with E-state index in [9.17, 15) is 0 Å². The predicted molar refractivity (Wildman–Crippen MR) is 90.3 cm³/mol. The van der Waals surface area contributed by atoms with Crippen molar-refractivity contribution in [2.24, 2.45) is 5.92 Å². The Morgan fingerprint density at radius 2 is 2.00 bits per heavy atom. The highest BCUT2D eigenvalue weighted by Gasteiger charge is 2.17. The first-order valence-electron chi connectivity index (χ1n) is 7.50. The summed E-state index contributed by atoms with van der Waals surface area (Å²) in [5, 5.41) is 3.49. The lowest BCUT2D eigenvalue weighted by Gasteiger charge is -2.31. The van der Waals surface area contributed by atoms with E-state index in [0.717, 1.165) is 23.5 Å². The van der Waals surface area contributed by atoms with Crippen LogP contribution in [-0.2, 0) is 0 Å². The van der Waals surface area contributed by atoms with Crippen LogP contribution in [0.4, 0.5) is 5.69 Å². The average Bonchev–Trinajstić information content (AvgIpc) is 2.43. The molecular weight excluding hydrogens is 314 g/mol. The SMILES string of the molecule is CN1CCC(CN(C)CCNc2ccccc2Br)CC1. The molecule has 4 heteroatoms. The third-order valence-electron chi connectivity index (χ3n) is 4.09. The molecule has 0 bridgehead atoms. The van der Waals surface area contributed by atoms with Crippen LogP contribution in [0.1, 0.15) is 12.8 Å². The molecule has 1 heterocycles. The van der Waals surface area contributed by atoms with Crippen LogP contribution in [0.5, 0.6) is 0 Å². The van der Waals surface area contributed by atoms with Gasteiger partial charge in [0.2, 0.25) is 0 Å². The zero-order valence-corrected chi connectivity index (χ0v) is 14.2. The van der Waals surface area contributed by atoms with Gasteiger partial charge in [0.05, 0.1) is 0 Å². The molecule has 1 aliphatic rings. The topological polar surface area (TPSA) is 18.5 Å². The summed E-state index contributed by atoms with van der Waals surface area (Å²) < 4.78 is 1.14. The number of rotatable bonds is 6. The van der Waals surface area contributed by atoms with E-state index in [2.05, 4.69) is 63.3 Å². The van der Waals surface area contributed by atoms with E-state index in [1.165, 1.54) is 38.2 Å². The fraction of sp³-hybridized carbons (Fsp3) is 0.625. The largest absolute Gasteiger partial charge is 0.383 e. The molecule has 0 amide bonds. The number of piperidine rings is 1. The highest BCUT2D eigenvalue weighted by molar-refractivity contribution is 9.10. The molecule has 1 saturated heterocycles. The summed E-state index contributed by atoms with van der Waals surface area (Å²) in [5.41, 5.74) is 1.18. The lowest BCUT2D eigenvalue weighted by molar-refractivity contribution is 0.178. The molecule has 1 aliphatic heterocycles. The van der Waals surface area contributed by atoms with Crippen LogP contribution in [0.25, 0.3) is 0 Å². The molecule has 0 radical (unpaired) electrons. The maximum Gasteiger partial charge on any atom is 0.0485 e. The van der Waals surface area contributed by atoms with Crippen molar-refractivity contribution >= 4 is 21.6 Å². The zero-order valence-electron chi connectivity index (χ0n) is 12.6. The Balaban J connectivity index is 1.65. The highest BCUT2D eigenvalue weighted by Crippen LogP contribution is 2.21. The number of likely N-dealkylation sites (tertiary alicyclic amines) is 1. The number of nitrogens with zero attached hydrogens (tertiary/aromatic N) is 2. The number of benzene rings is 1. The van der Waals surface area contributed by atoms with Gasteiger partial charge in [-0.15, -0.1) is 0 Å². The summed E-state index contributed by atoms with van der Waals surface area (Å²) in [7, 11) is 4.46. The molecule has 2 rings (SSSR count). The maximum absolute atomic E-state index is 3.57. The third kappa shape index (κ3) is 5.08. The summed E-state index contributed by atoms with van der Waals surface area (Å²) >= 11 is 3.57. The molecule has 3 nitrogen and oxygen atoms in total. The number of para-hydroxylation sites is 1. The van der Waals surface area contributed by atoms with E-state index in [4.69, 9.17) is 0 Å². The smallest absolute Gasteiger partial charge is 0.0485 e. The average molecular weight is 340 g/mol. The number of halogens is 1. The molecule has 0 atom stereocenters. The fourth-order valence-electron chi connectivity index (χ4n) is 2.76. The van der Waals surface area contributed by atoms with Gasteiger partial charge < -0.3 is 15.1 Å². The molecule has 1 aromatic carbocycles. The minimum Gasteiger partial charge on any atom is -0.383 e. The Hall–Kier alpha value is -0.580. The first-order valence-corrected chi connectivity index (χ1v) is 8.30. The van der Waals surface area contributed by atoms with Crippen LogP contribution in [0.15, 0.2) is 28.7 Å². The second kappa shape index (κ2) is 8.01. The van der Waals surface area contributed by atoms with Crippen molar-refractivity contribution in [1.29, 1.82) is 0 Å². The monoisotopic (exact) mass is 339 g/mol. The van der Waals surface area contributed by atoms with Gasteiger partial charge in [-0.2, -0.15) is 0 Å². The maximum atomic E-state index is 3.57. The van der Waals surface area contributed by atoms with Crippen LogP contribution in [0.2, 0.25) is 0 Å². The van der Waals surface area contributed by atoms with E-state index >= 15 is 0 Å². The van der Waals surface area contributed by atoms with Crippen LogP contribution in [-0.4, -0.2) is 56.6 Å². The third-order valence-corrected chi connectivity index (χ3v) is 4.78. The van der Waals surface area contributed by atoms with Gasteiger partial charge in [0.15, 0.2) is 0 Å². The fourth-order valence-corrected chi connectivity index (χ4v) is 3.19. The molecule has 112 valence electrons. The zero-order chi connectivity index (χ0) is 14.4.